The van der Waals surface area contributed by atoms with Crippen molar-refractivity contribution >= 4 is 11.8 Å². The molecule has 0 aromatic rings. The standard InChI is InChI=1S/C11H22N2O2/c1-5-9(6-2)11(15)12-7-10(14)13-8(3)4/h8-9H,5-7H2,1-4H3,(H,12,15)(H,13,14). The summed E-state index contributed by atoms with van der Waals surface area (Å²) >= 11 is 0. The first-order chi connectivity index (χ1) is 7.01. The first-order valence-corrected chi connectivity index (χ1v) is 5.58. The first-order valence-electron chi connectivity index (χ1n) is 5.58. The van der Waals surface area contributed by atoms with Gasteiger partial charge in [-0.2, -0.15) is 0 Å². The molecule has 2 N–H and O–H groups in total. The molecule has 0 aromatic carbocycles. The van der Waals surface area contributed by atoms with Crippen molar-refractivity contribution in [1.29, 1.82) is 0 Å². The number of carbonyl (C=O) groups excluding carboxylic acids is 2. The normalized spacial score (nSPS) is 10.5. The summed E-state index contributed by atoms with van der Waals surface area (Å²) in [5, 5.41) is 5.36. The first kappa shape index (κ1) is 13.9. The molecule has 0 bridgehead atoms. The van der Waals surface area contributed by atoms with Gasteiger partial charge in [0.15, 0.2) is 0 Å². The lowest BCUT2D eigenvalue weighted by atomic mass is 10.0. The summed E-state index contributed by atoms with van der Waals surface area (Å²) in [4.78, 5) is 22.7. The number of carbonyl (C=O) groups is 2. The Kier molecular flexibility index (Phi) is 6.75. The highest BCUT2D eigenvalue weighted by atomic mass is 16.2. The van der Waals surface area contributed by atoms with E-state index >= 15 is 0 Å². The minimum atomic E-state index is -0.135. The topological polar surface area (TPSA) is 58.2 Å². The van der Waals surface area contributed by atoms with Crippen molar-refractivity contribution in [2.75, 3.05) is 6.54 Å². The molecule has 2 amide bonds. The summed E-state index contributed by atoms with van der Waals surface area (Å²) < 4.78 is 0. The van der Waals surface area contributed by atoms with E-state index in [1.165, 1.54) is 0 Å². The van der Waals surface area contributed by atoms with Crippen LogP contribution in [0.4, 0.5) is 0 Å². The third-order valence-electron chi connectivity index (χ3n) is 2.23. The van der Waals surface area contributed by atoms with E-state index < -0.39 is 0 Å². The number of hydrogen-bond donors (Lipinski definition) is 2. The SMILES string of the molecule is CCC(CC)C(=O)NCC(=O)NC(C)C. The predicted octanol–water partition coefficient (Wildman–Crippen LogP) is 1.06. The summed E-state index contributed by atoms with van der Waals surface area (Å²) in [6, 6.07) is 0.113. The van der Waals surface area contributed by atoms with Crippen LogP contribution in [0.5, 0.6) is 0 Å². The van der Waals surface area contributed by atoms with Crippen molar-refractivity contribution in [3.05, 3.63) is 0 Å². The molecule has 0 saturated carbocycles. The molecule has 0 rings (SSSR count). The smallest absolute Gasteiger partial charge is 0.239 e. The highest BCUT2D eigenvalue weighted by Gasteiger charge is 2.14. The van der Waals surface area contributed by atoms with Gasteiger partial charge in [-0.25, -0.2) is 0 Å². The quantitative estimate of drug-likeness (QED) is 0.694. The molecule has 88 valence electrons. The summed E-state index contributed by atoms with van der Waals surface area (Å²) in [6.07, 6.45) is 1.63. The van der Waals surface area contributed by atoms with Crippen LogP contribution in [0, 0.1) is 5.92 Å². The number of rotatable bonds is 6. The number of hydrogen-bond acceptors (Lipinski definition) is 2. The fourth-order valence-electron chi connectivity index (χ4n) is 1.34. The molecule has 0 aromatic heterocycles. The van der Waals surface area contributed by atoms with E-state index in [2.05, 4.69) is 10.6 Å². The molecule has 0 atom stereocenters. The van der Waals surface area contributed by atoms with E-state index in [9.17, 15) is 9.59 Å². The van der Waals surface area contributed by atoms with Gasteiger partial charge in [-0.1, -0.05) is 13.8 Å². The third-order valence-corrected chi connectivity index (χ3v) is 2.23. The van der Waals surface area contributed by atoms with E-state index in [4.69, 9.17) is 0 Å². The Hall–Kier alpha value is -1.06. The van der Waals surface area contributed by atoms with Crippen molar-refractivity contribution in [3.63, 3.8) is 0 Å². The lowest BCUT2D eigenvalue weighted by molar-refractivity contribution is -0.128. The summed E-state index contributed by atoms with van der Waals surface area (Å²) in [5.41, 5.74) is 0. The van der Waals surface area contributed by atoms with E-state index in [1.807, 2.05) is 27.7 Å². The second-order valence-corrected chi connectivity index (χ2v) is 3.95. The maximum Gasteiger partial charge on any atom is 0.239 e. The maximum absolute atomic E-state index is 11.5. The molecule has 0 saturated heterocycles. The Labute approximate surface area is 91.8 Å². The summed E-state index contributed by atoms with van der Waals surface area (Å²) in [7, 11) is 0. The van der Waals surface area contributed by atoms with Crippen molar-refractivity contribution in [3.8, 4) is 0 Å². The summed E-state index contributed by atoms with van der Waals surface area (Å²) in [5.74, 6) is -0.139. The van der Waals surface area contributed by atoms with Crippen LogP contribution < -0.4 is 10.6 Å². The zero-order valence-electron chi connectivity index (χ0n) is 10.1. The van der Waals surface area contributed by atoms with Gasteiger partial charge in [0.2, 0.25) is 11.8 Å². The van der Waals surface area contributed by atoms with Gasteiger partial charge in [0.1, 0.15) is 0 Å². The van der Waals surface area contributed by atoms with Gasteiger partial charge in [-0.15, -0.1) is 0 Å². The molecule has 0 unspecified atom stereocenters. The molecule has 4 nitrogen and oxygen atoms in total. The average Bonchev–Trinajstić information content (AvgIpc) is 2.15. The minimum Gasteiger partial charge on any atom is -0.352 e. The van der Waals surface area contributed by atoms with Crippen LogP contribution in [0.15, 0.2) is 0 Å². The van der Waals surface area contributed by atoms with Gasteiger partial charge >= 0.3 is 0 Å². The van der Waals surface area contributed by atoms with Crippen LogP contribution in [0.2, 0.25) is 0 Å². The van der Waals surface area contributed by atoms with Gasteiger partial charge in [0, 0.05) is 12.0 Å². The van der Waals surface area contributed by atoms with Crippen LogP contribution in [0.25, 0.3) is 0 Å². The van der Waals surface area contributed by atoms with Crippen LogP contribution in [0.3, 0.4) is 0 Å². The molecule has 0 spiro atoms. The molecule has 0 aliphatic heterocycles. The van der Waals surface area contributed by atoms with E-state index in [0.717, 1.165) is 12.8 Å². The molecular formula is C11H22N2O2. The van der Waals surface area contributed by atoms with Crippen molar-refractivity contribution in [2.45, 2.75) is 46.6 Å². The molecule has 15 heavy (non-hydrogen) atoms. The third kappa shape index (κ3) is 6.10. The lowest BCUT2D eigenvalue weighted by Gasteiger charge is -2.13. The fraction of sp³-hybridized carbons (Fsp3) is 0.818. The molecule has 0 heterocycles. The van der Waals surface area contributed by atoms with Gasteiger partial charge in [0.05, 0.1) is 6.54 Å². The largest absolute Gasteiger partial charge is 0.352 e. The number of nitrogens with one attached hydrogen (secondary N) is 2. The van der Waals surface area contributed by atoms with Crippen LogP contribution in [0.1, 0.15) is 40.5 Å². The van der Waals surface area contributed by atoms with Crippen molar-refractivity contribution < 1.29 is 9.59 Å². The average molecular weight is 214 g/mol. The van der Waals surface area contributed by atoms with Crippen LogP contribution >= 0.6 is 0 Å². The lowest BCUT2D eigenvalue weighted by Crippen LogP contribution is -2.41. The molecular weight excluding hydrogens is 192 g/mol. The van der Waals surface area contributed by atoms with Gasteiger partial charge < -0.3 is 10.6 Å². The highest BCUT2D eigenvalue weighted by Crippen LogP contribution is 2.06. The molecule has 0 aliphatic rings. The Balaban J connectivity index is 3.84. The van der Waals surface area contributed by atoms with Gasteiger partial charge in [-0.05, 0) is 26.7 Å². The second-order valence-electron chi connectivity index (χ2n) is 3.95. The van der Waals surface area contributed by atoms with E-state index in [-0.39, 0.29) is 30.3 Å². The van der Waals surface area contributed by atoms with Gasteiger partial charge in [0.25, 0.3) is 0 Å². The molecule has 0 fully saturated rings. The van der Waals surface area contributed by atoms with E-state index in [0.29, 0.717) is 0 Å². The molecule has 0 aliphatic carbocycles. The Morgan fingerprint density at radius 3 is 2.07 bits per heavy atom. The highest BCUT2D eigenvalue weighted by molar-refractivity contribution is 5.85. The van der Waals surface area contributed by atoms with Crippen LogP contribution in [-0.2, 0) is 9.59 Å². The summed E-state index contributed by atoms with van der Waals surface area (Å²) in [6.45, 7) is 7.80. The minimum absolute atomic E-state index is 0.0249. The Morgan fingerprint density at radius 2 is 1.67 bits per heavy atom. The zero-order chi connectivity index (χ0) is 11.8. The van der Waals surface area contributed by atoms with Crippen molar-refractivity contribution in [2.24, 2.45) is 5.92 Å². The van der Waals surface area contributed by atoms with E-state index in [1.54, 1.807) is 0 Å². The fourth-order valence-corrected chi connectivity index (χ4v) is 1.34. The zero-order valence-corrected chi connectivity index (χ0v) is 10.1. The van der Waals surface area contributed by atoms with Gasteiger partial charge in [-0.3, -0.25) is 9.59 Å². The monoisotopic (exact) mass is 214 g/mol. The van der Waals surface area contributed by atoms with Crippen molar-refractivity contribution in [1.82, 2.24) is 10.6 Å². The molecule has 0 radical (unpaired) electrons. The Bertz CT molecular complexity index is 211. The molecule has 4 heteroatoms. The van der Waals surface area contributed by atoms with Crippen LogP contribution in [-0.4, -0.2) is 24.4 Å². The second kappa shape index (κ2) is 7.26. The maximum atomic E-state index is 11.5. The number of amides is 2. The Morgan fingerprint density at radius 1 is 1.13 bits per heavy atom. The predicted molar refractivity (Wildman–Crippen MR) is 60.4 cm³/mol.